The molecule has 0 heterocycles. The fourth-order valence-electron chi connectivity index (χ4n) is 2.09. The van der Waals surface area contributed by atoms with E-state index in [1.165, 1.54) is 31.4 Å². The summed E-state index contributed by atoms with van der Waals surface area (Å²) in [4.78, 5) is 23.2. The van der Waals surface area contributed by atoms with Gasteiger partial charge in [0.15, 0.2) is 0 Å². The zero-order valence-electron chi connectivity index (χ0n) is 14.2. The molecule has 26 heavy (non-hydrogen) atoms. The van der Waals surface area contributed by atoms with Crippen molar-refractivity contribution in [3.63, 3.8) is 0 Å². The quantitative estimate of drug-likeness (QED) is 0.795. The second kappa shape index (κ2) is 9.12. The minimum Gasteiger partial charge on any atom is -0.478 e. The molecule has 0 saturated carbocycles. The standard InChI is InChI=1S/C18H19NO6S/c1-24-11-12-26(23,16-9-7-15(8-10-16)17(20)21)19-18(22)25-13-14-5-3-2-4-6-14/h2-10H,11-13H2,1H3,(H,20,21). The van der Waals surface area contributed by atoms with E-state index in [9.17, 15) is 13.8 Å². The van der Waals surface area contributed by atoms with E-state index >= 15 is 0 Å². The van der Waals surface area contributed by atoms with E-state index in [0.717, 1.165) is 5.56 Å². The van der Waals surface area contributed by atoms with Gasteiger partial charge in [0.25, 0.3) is 0 Å². The molecular formula is C18H19NO6S. The van der Waals surface area contributed by atoms with Crippen molar-refractivity contribution >= 4 is 21.8 Å². The third kappa shape index (κ3) is 5.40. The van der Waals surface area contributed by atoms with Crippen LogP contribution in [0.2, 0.25) is 0 Å². The molecule has 0 aliphatic carbocycles. The van der Waals surface area contributed by atoms with Gasteiger partial charge in [0.05, 0.1) is 27.7 Å². The van der Waals surface area contributed by atoms with Crippen LogP contribution in [-0.2, 0) is 25.8 Å². The van der Waals surface area contributed by atoms with Crippen molar-refractivity contribution in [3.05, 3.63) is 65.7 Å². The first-order valence-electron chi connectivity index (χ1n) is 7.72. The third-order valence-corrected chi connectivity index (χ3v) is 5.63. The van der Waals surface area contributed by atoms with Gasteiger partial charge >= 0.3 is 12.1 Å². The molecule has 1 N–H and O–H groups in total. The second-order valence-electron chi connectivity index (χ2n) is 5.30. The number of ether oxygens (including phenoxy) is 2. The predicted octanol–water partition coefficient (Wildman–Crippen LogP) is 3.19. The van der Waals surface area contributed by atoms with Gasteiger partial charge in [-0.05, 0) is 29.8 Å². The number of hydrogen-bond acceptors (Lipinski definition) is 5. The molecule has 2 rings (SSSR count). The number of carboxylic acid groups (broad SMARTS) is 1. The zero-order valence-corrected chi connectivity index (χ0v) is 15.0. The molecule has 0 spiro atoms. The number of carbonyl (C=O) groups is 2. The Labute approximate surface area is 151 Å². The average Bonchev–Trinajstić information content (AvgIpc) is 2.65. The average molecular weight is 377 g/mol. The van der Waals surface area contributed by atoms with Crippen molar-refractivity contribution in [3.8, 4) is 0 Å². The Morgan fingerprint density at radius 3 is 2.31 bits per heavy atom. The first kappa shape index (κ1) is 19.6. The van der Waals surface area contributed by atoms with Crippen molar-refractivity contribution in [2.24, 2.45) is 4.36 Å². The Bertz CT molecular complexity index is 870. The van der Waals surface area contributed by atoms with Crippen LogP contribution in [0.4, 0.5) is 4.79 Å². The van der Waals surface area contributed by atoms with Crippen molar-refractivity contribution < 1.29 is 28.4 Å². The van der Waals surface area contributed by atoms with Gasteiger partial charge in [-0.25, -0.2) is 13.8 Å². The molecule has 0 fully saturated rings. The topological polar surface area (TPSA) is 102 Å². The highest BCUT2D eigenvalue weighted by atomic mass is 32.2. The predicted molar refractivity (Wildman–Crippen MR) is 95.6 cm³/mol. The number of nitrogens with zero attached hydrogens (tertiary/aromatic N) is 1. The minimum absolute atomic E-state index is 0.0148. The highest BCUT2D eigenvalue weighted by Gasteiger charge is 2.17. The summed E-state index contributed by atoms with van der Waals surface area (Å²) in [7, 11) is -1.70. The van der Waals surface area contributed by atoms with Crippen LogP contribution in [0.5, 0.6) is 0 Å². The molecular weight excluding hydrogens is 358 g/mol. The van der Waals surface area contributed by atoms with E-state index < -0.39 is 21.8 Å². The van der Waals surface area contributed by atoms with Crippen LogP contribution in [0.3, 0.4) is 0 Å². The SMILES string of the molecule is COCCS(=O)(=NC(=O)OCc1ccccc1)c1ccc(C(=O)O)cc1. The second-order valence-corrected chi connectivity index (χ2v) is 7.64. The number of methoxy groups -OCH3 is 1. The van der Waals surface area contributed by atoms with Crippen LogP contribution in [-0.4, -0.2) is 40.8 Å². The first-order chi connectivity index (χ1) is 12.4. The van der Waals surface area contributed by atoms with Crippen LogP contribution in [0.15, 0.2) is 63.9 Å². The molecule has 0 aliphatic rings. The van der Waals surface area contributed by atoms with Crippen LogP contribution >= 0.6 is 0 Å². The van der Waals surface area contributed by atoms with Gasteiger partial charge in [0.1, 0.15) is 6.61 Å². The minimum atomic E-state index is -3.14. The molecule has 1 atom stereocenters. The van der Waals surface area contributed by atoms with Gasteiger partial charge < -0.3 is 14.6 Å². The summed E-state index contributed by atoms with van der Waals surface area (Å²) in [5, 5.41) is 8.95. The summed E-state index contributed by atoms with van der Waals surface area (Å²) in [5.74, 6) is -1.12. The molecule has 2 aromatic carbocycles. The number of carboxylic acids is 1. The van der Waals surface area contributed by atoms with Crippen LogP contribution in [0.1, 0.15) is 15.9 Å². The number of rotatable bonds is 7. The van der Waals surface area contributed by atoms with Crippen molar-refractivity contribution in [1.29, 1.82) is 0 Å². The van der Waals surface area contributed by atoms with E-state index in [2.05, 4.69) is 4.36 Å². The van der Waals surface area contributed by atoms with Crippen molar-refractivity contribution in [2.45, 2.75) is 11.5 Å². The number of carbonyl (C=O) groups excluding carboxylic acids is 1. The van der Waals surface area contributed by atoms with E-state index in [1.54, 1.807) is 12.1 Å². The van der Waals surface area contributed by atoms with Gasteiger partial charge in [-0.2, -0.15) is 0 Å². The molecule has 0 aliphatic heterocycles. The molecule has 138 valence electrons. The molecule has 0 radical (unpaired) electrons. The molecule has 7 nitrogen and oxygen atoms in total. The lowest BCUT2D eigenvalue weighted by Gasteiger charge is -2.10. The van der Waals surface area contributed by atoms with Crippen LogP contribution in [0, 0.1) is 0 Å². The Morgan fingerprint density at radius 2 is 1.73 bits per heavy atom. The first-order valence-corrected chi connectivity index (χ1v) is 9.41. The lowest BCUT2D eigenvalue weighted by atomic mass is 10.2. The summed E-state index contributed by atoms with van der Waals surface area (Å²) in [5.41, 5.74) is 0.833. The Kier molecular flexibility index (Phi) is 6.88. The Morgan fingerprint density at radius 1 is 1.08 bits per heavy atom. The maximum absolute atomic E-state index is 13.2. The van der Waals surface area contributed by atoms with Crippen molar-refractivity contribution in [2.75, 3.05) is 19.5 Å². The monoisotopic (exact) mass is 377 g/mol. The number of hydrogen-bond donors (Lipinski definition) is 1. The van der Waals surface area contributed by atoms with Gasteiger partial charge in [-0.1, -0.05) is 30.3 Å². The number of benzene rings is 2. The molecule has 1 unspecified atom stereocenters. The molecule has 8 heteroatoms. The van der Waals surface area contributed by atoms with Gasteiger partial charge in [-0.3, -0.25) is 0 Å². The van der Waals surface area contributed by atoms with E-state index in [1.807, 2.05) is 18.2 Å². The molecule has 0 aromatic heterocycles. The Balaban J connectivity index is 2.23. The maximum atomic E-state index is 13.2. The van der Waals surface area contributed by atoms with E-state index in [0.29, 0.717) is 0 Å². The number of amides is 1. The molecule has 0 bridgehead atoms. The molecule has 2 aromatic rings. The summed E-state index contributed by atoms with van der Waals surface area (Å²) in [6.07, 6.45) is -0.947. The van der Waals surface area contributed by atoms with Crippen molar-refractivity contribution in [1.82, 2.24) is 0 Å². The molecule has 0 saturated heterocycles. The maximum Gasteiger partial charge on any atom is 0.442 e. The highest BCUT2D eigenvalue weighted by molar-refractivity contribution is 7.94. The van der Waals surface area contributed by atoms with Gasteiger partial charge in [0.2, 0.25) is 0 Å². The lowest BCUT2D eigenvalue weighted by molar-refractivity contribution is 0.0696. The van der Waals surface area contributed by atoms with E-state index in [-0.39, 0.29) is 29.4 Å². The summed E-state index contributed by atoms with van der Waals surface area (Å²) >= 11 is 0. The smallest absolute Gasteiger partial charge is 0.442 e. The van der Waals surface area contributed by atoms with Gasteiger partial charge in [0, 0.05) is 12.0 Å². The Hall–Kier alpha value is -2.71. The summed E-state index contributed by atoms with van der Waals surface area (Å²) < 4.78 is 26.9. The van der Waals surface area contributed by atoms with Crippen LogP contribution in [0.25, 0.3) is 0 Å². The molecule has 1 amide bonds. The van der Waals surface area contributed by atoms with E-state index in [4.69, 9.17) is 14.6 Å². The number of aromatic carboxylic acids is 1. The summed E-state index contributed by atoms with van der Waals surface area (Å²) in [6, 6.07) is 14.4. The third-order valence-electron chi connectivity index (χ3n) is 3.46. The zero-order chi connectivity index (χ0) is 19.0. The van der Waals surface area contributed by atoms with Gasteiger partial charge in [-0.15, -0.1) is 4.36 Å². The normalized spacial score (nSPS) is 12.8. The highest BCUT2D eigenvalue weighted by Crippen LogP contribution is 2.17. The largest absolute Gasteiger partial charge is 0.478 e. The fraction of sp³-hybridized carbons (Fsp3) is 0.222. The fourth-order valence-corrected chi connectivity index (χ4v) is 3.77. The lowest BCUT2D eigenvalue weighted by Crippen LogP contribution is -2.14. The summed E-state index contributed by atoms with van der Waals surface area (Å²) in [6.45, 7) is 0.135. The van der Waals surface area contributed by atoms with Crippen LogP contribution < -0.4 is 0 Å².